The van der Waals surface area contributed by atoms with E-state index < -0.39 is 0 Å². The van der Waals surface area contributed by atoms with Crippen molar-refractivity contribution in [2.24, 2.45) is 17.6 Å². The van der Waals surface area contributed by atoms with E-state index in [1.807, 2.05) is 0 Å². The molecule has 0 amide bonds. The molecule has 1 heteroatoms. The molecule has 2 fully saturated rings. The van der Waals surface area contributed by atoms with Gasteiger partial charge in [0.25, 0.3) is 0 Å². The van der Waals surface area contributed by atoms with Crippen LogP contribution in [0.5, 0.6) is 0 Å². The molecule has 2 aliphatic carbocycles. The standard InChI is InChI=1S/C9H17N/c1-7(6-8-2-3-8)9(10)4-5-9/h7-8H,2-6,10H2,1H3. The molecule has 2 saturated carbocycles. The average Bonchev–Trinajstić information content (AvgIpc) is 2.67. The smallest absolute Gasteiger partial charge is 0.0181 e. The summed E-state index contributed by atoms with van der Waals surface area (Å²) in [5, 5.41) is 0. The van der Waals surface area contributed by atoms with Crippen LogP contribution in [0.1, 0.15) is 39.0 Å². The summed E-state index contributed by atoms with van der Waals surface area (Å²) >= 11 is 0. The van der Waals surface area contributed by atoms with Gasteiger partial charge in [0.2, 0.25) is 0 Å². The molecule has 2 N–H and O–H groups in total. The summed E-state index contributed by atoms with van der Waals surface area (Å²) < 4.78 is 0. The fraction of sp³-hybridized carbons (Fsp3) is 1.00. The summed E-state index contributed by atoms with van der Waals surface area (Å²) in [6.45, 7) is 2.32. The molecule has 2 aliphatic rings. The molecular weight excluding hydrogens is 122 g/mol. The van der Waals surface area contributed by atoms with Crippen molar-refractivity contribution in [3.63, 3.8) is 0 Å². The Kier molecular flexibility index (Phi) is 1.31. The van der Waals surface area contributed by atoms with Gasteiger partial charge in [0.15, 0.2) is 0 Å². The number of rotatable bonds is 3. The van der Waals surface area contributed by atoms with Crippen LogP contribution in [0.15, 0.2) is 0 Å². The quantitative estimate of drug-likeness (QED) is 0.635. The van der Waals surface area contributed by atoms with Gasteiger partial charge in [-0.15, -0.1) is 0 Å². The summed E-state index contributed by atoms with van der Waals surface area (Å²) in [5.74, 6) is 1.84. The fourth-order valence-corrected chi connectivity index (χ4v) is 1.73. The molecule has 0 heterocycles. The van der Waals surface area contributed by atoms with Crippen molar-refractivity contribution in [2.75, 3.05) is 0 Å². The molecule has 0 aliphatic heterocycles. The van der Waals surface area contributed by atoms with Gasteiger partial charge in [0, 0.05) is 5.54 Å². The normalized spacial score (nSPS) is 31.8. The van der Waals surface area contributed by atoms with Gasteiger partial charge in [-0.3, -0.25) is 0 Å². The van der Waals surface area contributed by atoms with E-state index in [0.717, 1.165) is 11.8 Å². The Morgan fingerprint density at radius 2 is 2.10 bits per heavy atom. The Morgan fingerprint density at radius 3 is 2.50 bits per heavy atom. The minimum Gasteiger partial charge on any atom is -0.325 e. The molecule has 2 rings (SSSR count). The molecule has 10 heavy (non-hydrogen) atoms. The van der Waals surface area contributed by atoms with Gasteiger partial charge in [-0.1, -0.05) is 19.8 Å². The minimum absolute atomic E-state index is 0.280. The lowest BCUT2D eigenvalue weighted by Crippen LogP contribution is -2.30. The van der Waals surface area contributed by atoms with Crippen LogP contribution in [-0.2, 0) is 0 Å². The summed E-state index contributed by atoms with van der Waals surface area (Å²) in [6, 6.07) is 0. The van der Waals surface area contributed by atoms with Gasteiger partial charge in [0.05, 0.1) is 0 Å². The van der Waals surface area contributed by atoms with Crippen LogP contribution in [0.3, 0.4) is 0 Å². The molecule has 0 aromatic rings. The maximum absolute atomic E-state index is 6.07. The third kappa shape index (κ3) is 1.20. The summed E-state index contributed by atoms with van der Waals surface area (Å²) in [4.78, 5) is 0. The van der Waals surface area contributed by atoms with Gasteiger partial charge < -0.3 is 5.73 Å². The topological polar surface area (TPSA) is 26.0 Å². The SMILES string of the molecule is CC(CC1CC1)C1(N)CC1. The zero-order chi connectivity index (χ0) is 7.19. The monoisotopic (exact) mass is 139 g/mol. The lowest BCUT2D eigenvalue weighted by atomic mass is 9.94. The second kappa shape index (κ2) is 1.97. The third-order valence-electron chi connectivity index (χ3n) is 3.19. The van der Waals surface area contributed by atoms with Crippen LogP contribution in [-0.4, -0.2) is 5.54 Å². The predicted octanol–water partition coefficient (Wildman–Crippen LogP) is 1.91. The van der Waals surface area contributed by atoms with Crippen molar-refractivity contribution in [2.45, 2.75) is 44.6 Å². The van der Waals surface area contributed by atoms with E-state index in [9.17, 15) is 0 Å². The number of hydrogen-bond acceptors (Lipinski definition) is 1. The van der Waals surface area contributed by atoms with E-state index in [-0.39, 0.29) is 5.54 Å². The molecule has 0 aromatic heterocycles. The molecule has 1 nitrogen and oxygen atoms in total. The largest absolute Gasteiger partial charge is 0.325 e. The zero-order valence-corrected chi connectivity index (χ0v) is 6.77. The molecule has 0 aromatic carbocycles. The summed E-state index contributed by atoms with van der Waals surface area (Å²) in [7, 11) is 0. The molecular formula is C9H17N. The number of nitrogens with two attached hydrogens (primary N) is 1. The Labute approximate surface area is 63.0 Å². The zero-order valence-electron chi connectivity index (χ0n) is 6.77. The predicted molar refractivity (Wildman–Crippen MR) is 42.7 cm³/mol. The van der Waals surface area contributed by atoms with Crippen molar-refractivity contribution in [1.82, 2.24) is 0 Å². The lowest BCUT2D eigenvalue weighted by molar-refractivity contribution is 0.390. The van der Waals surface area contributed by atoms with Gasteiger partial charge in [-0.25, -0.2) is 0 Å². The van der Waals surface area contributed by atoms with Crippen LogP contribution >= 0.6 is 0 Å². The first-order valence-electron chi connectivity index (χ1n) is 4.49. The van der Waals surface area contributed by atoms with Gasteiger partial charge in [-0.05, 0) is 31.1 Å². The van der Waals surface area contributed by atoms with Gasteiger partial charge in [0.1, 0.15) is 0 Å². The average molecular weight is 139 g/mol. The minimum atomic E-state index is 0.280. The highest BCUT2D eigenvalue weighted by molar-refractivity contribution is 5.03. The Morgan fingerprint density at radius 1 is 1.50 bits per heavy atom. The first kappa shape index (κ1) is 6.66. The number of hydrogen-bond donors (Lipinski definition) is 1. The molecule has 1 atom stereocenters. The second-order valence-corrected chi connectivity index (χ2v) is 4.31. The fourth-order valence-electron chi connectivity index (χ4n) is 1.73. The molecule has 0 radical (unpaired) electrons. The lowest BCUT2D eigenvalue weighted by Gasteiger charge is -2.17. The summed E-state index contributed by atoms with van der Waals surface area (Å²) in [6.07, 6.45) is 6.90. The van der Waals surface area contributed by atoms with E-state index in [1.54, 1.807) is 0 Å². The molecule has 0 spiro atoms. The Hall–Kier alpha value is -0.0400. The van der Waals surface area contributed by atoms with Crippen molar-refractivity contribution in [1.29, 1.82) is 0 Å². The summed E-state index contributed by atoms with van der Waals surface area (Å²) in [5.41, 5.74) is 6.35. The van der Waals surface area contributed by atoms with E-state index in [0.29, 0.717) is 0 Å². The van der Waals surface area contributed by atoms with Gasteiger partial charge in [-0.2, -0.15) is 0 Å². The Bertz CT molecular complexity index is 134. The molecule has 1 unspecified atom stereocenters. The maximum atomic E-state index is 6.07. The maximum Gasteiger partial charge on any atom is 0.0181 e. The highest BCUT2D eigenvalue weighted by Gasteiger charge is 2.44. The molecule has 0 bridgehead atoms. The highest BCUT2D eigenvalue weighted by atomic mass is 14.8. The van der Waals surface area contributed by atoms with Crippen LogP contribution in [0.25, 0.3) is 0 Å². The Balaban J connectivity index is 1.80. The van der Waals surface area contributed by atoms with Crippen LogP contribution in [0.4, 0.5) is 0 Å². The highest BCUT2D eigenvalue weighted by Crippen LogP contribution is 2.46. The van der Waals surface area contributed by atoms with E-state index in [4.69, 9.17) is 5.73 Å². The first-order valence-corrected chi connectivity index (χ1v) is 4.49. The first-order chi connectivity index (χ1) is 4.71. The second-order valence-electron chi connectivity index (χ2n) is 4.31. The van der Waals surface area contributed by atoms with E-state index in [2.05, 4.69) is 6.92 Å². The van der Waals surface area contributed by atoms with Gasteiger partial charge >= 0.3 is 0 Å². The van der Waals surface area contributed by atoms with E-state index >= 15 is 0 Å². The van der Waals surface area contributed by atoms with Crippen molar-refractivity contribution in [3.05, 3.63) is 0 Å². The van der Waals surface area contributed by atoms with Crippen LogP contribution < -0.4 is 5.73 Å². The van der Waals surface area contributed by atoms with Crippen molar-refractivity contribution < 1.29 is 0 Å². The molecule has 0 saturated heterocycles. The van der Waals surface area contributed by atoms with E-state index in [1.165, 1.54) is 32.1 Å². The van der Waals surface area contributed by atoms with Crippen LogP contribution in [0.2, 0.25) is 0 Å². The molecule has 58 valence electrons. The van der Waals surface area contributed by atoms with Crippen LogP contribution in [0, 0.1) is 11.8 Å². The van der Waals surface area contributed by atoms with Crippen molar-refractivity contribution >= 4 is 0 Å². The third-order valence-corrected chi connectivity index (χ3v) is 3.19. The van der Waals surface area contributed by atoms with Crippen molar-refractivity contribution in [3.8, 4) is 0 Å².